The average Bonchev–Trinajstić information content (AvgIpc) is 1.64. The van der Waals surface area contributed by atoms with Gasteiger partial charge in [-0.1, -0.05) is 0 Å². The summed E-state index contributed by atoms with van der Waals surface area (Å²) in [6, 6.07) is -1.16. The van der Waals surface area contributed by atoms with Gasteiger partial charge in [0.2, 0.25) is 0 Å². The van der Waals surface area contributed by atoms with E-state index in [1.165, 1.54) is 6.92 Å². The van der Waals surface area contributed by atoms with Gasteiger partial charge in [0.1, 0.15) is 6.04 Å². The van der Waals surface area contributed by atoms with Crippen molar-refractivity contribution in [3.8, 4) is 0 Å². The summed E-state index contributed by atoms with van der Waals surface area (Å²) >= 11 is 0. The largest absolute Gasteiger partial charge is 0.480 e. The van der Waals surface area contributed by atoms with Crippen molar-refractivity contribution in [3.63, 3.8) is 0 Å². The van der Waals surface area contributed by atoms with Gasteiger partial charge < -0.3 is 15.9 Å². The number of hydrogen-bond donors (Lipinski definition) is 3. The van der Waals surface area contributed by atoms with Gasteiger partial charge in [-0.05, 0) is 6.92 Å². The molecule has 0 aliphatic rings. The summed E-state index contributed by atoms with van der Waals surface area (Å²) < 4.78 is 0. The third-order valence-corrected chi connectivity index (χ3v) is 0.805. The Morgan fingerprint density at radius 1 is 1.88 bits per heavy atom. The first-order valence-corrected chi connectivity index (χ1v) is 2.22. The van der Waals surface area contributed by atoms with Crippen LogP contribution in [-0.2, 0) is 4.79 Å². The summed E-state index contributed by atoms with van der Waals surface area (Å²) in [7, 11) is 0. The van der Waals surface area contributed by atoms with Gasteiger partial charge in [0.15, 0.2) is 0 Å². The summed E-state index contributed by atoms with van der Waals surface area (Å²) in [6.07, 6.45) is -0.979. The molecule has 48 valence electrons. The highest BCUT2D eigenvalue weighted by Gasteiger charge is 2.16. The zero-order chi connectivity index (χ0) is 6.73. The fraction of sp³-hybridized carbons (Fsp3) is 0.750. The molecule has 0 aromatic carbocycles. The molecule has 8 heavy (non-hydrogen) atoms. The molecule has 0 saturated carbocycles. The molecule has 0 bridgehead atoms. The number of rotatable bonds is 2. The third-order valence-electron chi connectivity index (χ3n) is 0.805. The van der Waals surface area contributed by atoms with Crippen LogP contribution in [0.4, 0.5) is 0 Å². The molecule has 0 rings (SSSR count). The number of aliphatic hydroxyl groups is 1. The lowest BCUT2D eigenvalue weighted by molar-refractivity contribution is -0.140. The quantitative estimate of drug-likeness (QED) is 0.400. The number of nitrogens with two attached hydrogens (primary N) is 1. The highest BCUT2D eigenvalue weighted by atomic mass is 18.2. The predicted octanol–water partition coefficient (Wildman–Crippen LogP) is -1.22. The fourth-order valence-corrected chi connectivity index (χ4v) is 0.206. The van der Waals surface area contributed by atoms with E-state index in [-0.39, 0.29) is 0 Å². The SMILES string of the molecule is C[C@@H]([18OH])[C@H](N)C(=O)O. The molecule has 0 radical (unpaired) electrons. The second-order valence-electron chi connectivity index (χ2n) is 1.60. The summed E-state index contributed by atoms with van der Waals surface area (Å²) in [5.41, 5.74) is 4.91. The van der Waals surface area contributed by atoms with Crippen LogP contribution in [0.1, 0.15) is 6.92 Å². The lowest BCUT2D eigenvalue weighted by Gasteiger charge is -2.06. The Morgan fingerprint density at radius 3 is 2.25 bits per heavy atom. The minimum absolute atomic E-state index is 0.979. The normalized spacial score (nSPS) is 17.4. The van der Waals surface area contributed by atoms with E-state index in [4.69, 9.17) is 15.9 Å². The van der Waals surface area contributed by atoms with Crippen LogP contribution in [0.25, 0.3) is 0 Å². The summed E-state index contributed by atoms with van der Waals surface area (Å²) in [5.74, 6) is -1.18. The highest BCUT2D eigenvalue weighted by molar-refractivity contribution is 5.73. The van der Waals surface area contributed by atoms with Gasteiger partial charge in [-0.2, -0.15) is 0 Å². The van der Waals surface area contributed by atoms with E-state index in [0.29, 0.717) is 0 Å². The van der Waals surface area contributed by atoms with Crippen LogP contribution in [0.15, 0.2) is 0 Å². The molecule has 0 aliphatic heterocycles. The van der Waals surface area contributed by atoms with Gasteiger partial charge in [-0.25, -0.2) is 0 Å². The van der Waals surface area contributed by atoms with Crippen LogP contribution in [0.2, 0.25) is 0 Å². The van der Waals surface area contributed by atoms with E-state index >= 15 is 0 Å². The van der Waals surface area contributed by atoms with Crippen molar-refractivity contribution in [1.82, 2.24) is 0 Å². The number of carbonyl (C=O) groups is 1. The summed E-state index contributed by atoms with van der Waals surface area (Å²) in [6.45, 7) is 1.33. The molecule has 0 unspecified atom stereocenters. The van der Waals surface area contributed by atoms with Crippen molar-refractivity contribution in [2.45, 2.75) is 19.1 Å². The summed E-state index contributed by atoms with van der Waals surface area (Å²) in [4.78, 5) is 9.86. The molecule has 0 fully saturated rings. The molecule has 0 aromatic heterocycles. The second-order valence-corrected chi connectivity index (χ2v) is 1.60. The Bertz CT molecular complexity index is 91.3. The first kappa shape index (κ1) is 7.39. The molecule has 0 aromatic rings. The standard InChI is InChI=1S/C4H9NO3/c1-2(6)3(5)4(7)8/h2-3,6H,5H2,1H3,(H,7,8)/t2-,3+/m1/s1/i6+2. The first-order chi connectivity index (χ1) is 3.55. The molecule has 0 amide bonds. The smallest absolute Gasteiger partial charge is 0.323 e. The lowest BCUT2D eigenvalue weighted by Crippen LogP contribution is -2.39. The number of hydrogen-bond acceptors (Lipinski definition) is 3. The Morgan fingerprint density at radius 2 is 2.25 bits per heavy atom. The Kier molecular flexibility index (Phi) is 2.44. The molecule has 0 spiro atoms. The molecule has 4 heteroatoms. The first-order valence-electron chi connectivity index (χ1n) is 2.22. The van der Waals surface area contributed by atoms with Gasteiger partial charge in [0.05, 0.1) is 6.10 Å². The predicted molar refractivity (Wildman–Crippen MR) is 27.3 cm³/mol. The van der Waals surface area contributed by atoms with Crippen LogP contribution in [-0.4, -0.2) is 28.3 Å². The minimum atomic E-state index is -1.18. The molecule has 2 atom stereocenters. The van der Waals surface area contributed by atoms with Gasteiger partial charge in [-0.3, -0.25) is 4.79 Å². The van der Waals surface area contributed by atoms with E-state index in [2.05, 4.69) is 0 Å². The maximum atomic E-state index is 9.86. The van der Waals surface area contributed by atoms with Crippen molar-refractivity contribution in [2.75, 3.05) is 0 Å². The number of carboxylic acids is 1. The molecular formula is C4H9NO3. The van der Waals surface area contributed by atoms with Crippen molar-refractivity contribution in [1.29, 1.82) is 0 Å². The zero-order valence-corrected chi connectivity index (χ0v) is 4.53. The molecule has 4 N–H and O–H groups in total. The molecule has 0 aliphatic carbocycles. The highest BCUT2D eigenvalue weighted by Crippen LogP contribution is 1.85. The maximum absolute atomic E-state index is 9.86. The van der Waals surface area contributed by atoms with E-state index in [9.17, 15) is 4.79 Å². The van der Waals surface area contributed by atoms with E-state index in [0.717, 1.165) is 0 Å². The molecule has 0 saturated heterocycles. The van der Waals surface area contributed by atoms with Crippen molar-refractivity contribution < 1.29 is 15.0 Å². The third kappa shape index (κ3) is 1.90. The van der Waals surface area contributed by atoms with E-state index in [1.54, 1.807) is 0 Å². The van der Waals surface area contributed by atoms with E-state index < -0.39 is 18.1 Å². The zero-order valence-electron chi connectivity index (χ0n) is 4.53. The van der Waals surface area contributed by atoms with Crippen molar-refractivity contribution in [2.24, 2.45) is 5.73 Å². The van der Waals surface area contributed by atoms with Gasteiger partial charge in [0, 0.05) is 0 Å². The Labute approximate surface area is 46.9 Å². The fourth-order valence-electron chi connectivity index (χ4n) is 0.206. The van der Waals surface area contributed by atoms with Crippen molar-refractivity contribution in [3.05, 3.63) is 0 Å². The second kappa shape index (κ2) is 2.64. The number of carboxylic acid groups (broad SMARTS) is 1. The molecule has 0 heterocycles. The Hall–Kier alpha value is -0.610. The molecular weight excluding hydrogens is 112 g/mol. The number of aliphatic hydroxyl groups excluding tert-OH is 1. The van der Waals surface area contributed by atoms with Crippen LogP contribution in [0.5, 0.6) is 0 Å². The lowest BCUT2D eigenvalue weighted by atomic mass is 10.2. The van der Waals surface area contributed by atoms with Gasteiger partial charge in [0.25, 0.3) is 0 Å². The van der Waals surface area contributed by atoms with Gasteiger partial charge in [-0.15, -0.1) is 0 Å². The maximum Gasteiger partial charge on any atom is 0.323 e. The number of aliphatic carboxylic acids is 1. The Balaban J connectivity index is 3.64. The van der Waals surface area contributed by atoms with Crippen LogP contribution < -0.4 is 5.73 Å². The van der Waals surface area contributed by atoms with Crippen LogP contribution in [0.3, 0.4) is 0 Å². The van der Waals surface area contributed by atoms with Gasteiger partial charge >= 0.3 is 5.97 Å². The van der Waals surface area contributed by atoms with Crippen molar-refractivity contribution >= 4 is 5.97 Å². The van der Waals surface area contributed by atoms with Crippen LogP contribution >= 0.6 is 0 Å². The average molecular weight is 121 g/mol. The van der Waals surface area contributed by atoms with Crippen LogP contribution in [0, 0.1) is 0 Å². The monoisotopic (exact) mass is 121 g/mol. The topological polar surface area (TPSA) is 83.5 Å². The van der Waals surface area contributed by atoms with E-state index in [1.807, 2.05) is 0 Å². The summed E-state index contributed by atoms with van der Waals surface area (Å²) in [5, 5.41) is 16.6. The molecule has 4 nitrogen and oxygen atoms in total. The minimum Gasteiger partial charge on any atom is -0.480 e.